The minimum atomic E-state index is -0.875. The first-order chi connectivity index (χ1) is 14.0. The molecule has 0 fully saturated rings. The summed E-state index contributed by atoms with van der Waals surface area (Å²) in [5.74, 6) is 1.10. The van der Waals surface area contributed by atoms with Crippen LogP contribution < -0.4 is 21.3 Å². The minimum Gasteiger partial charge on any atom is -0.491 e. The van der Waals surface area contributed by atoms with Crippen LogP contribution in [0.1, 0.15) is 26.2 Å². The van der Waals surface area contributed by atoms with Gasteiger partial charge in [0.2, 0.25) is 5.95 Å². The van der Waals surface area contributed by atoms with E-state index < -0.39 is 17.4 Å². The van der Waals surface area contributed by atoms with Gasteiger partial charge in [0.15, 0.2) is 11.2 Å². The molecule has 0 bridgehead atoms. The van der Waals surface area contributed by atoms with Crippen LogP contribution in [0.25, 0.3) is 11.2 Å². The number of ether oxygens (including phenoxy) is 1. The molecule has 0 aliphatic carbocycles. The molecule has 3 N–H and O–H groups in total. The summed E-state index contributed by atoms with van der Waals surface area (Å²) in [4.78, 5) is 31.1. The van der Waals surface area contributed by atoms with Crippen molar-refractivity contribution < 1.29 is 9.84 Å². The predicted molar refractivity (Wildman–Crippen MR) is 112 cm³/mol. The topological polar surface area (TPSA) is 114 Å². The quantitative estimate of drug-likeness (QED) is 0.443. The maximum Gasteiger partial charge on any atom is 0.329 e. The van der Waals surface area contributed by atoms with Gasteiger partial charge < -0.3 is 19.7 Å². The third-order valence-electron chi connectivity index (χ3n) is 4.65. The summed E-state index contributed by atoms with van der Waals surface area (Å²) in [6.45, 7) is 2.95. The summed E-state index contributed by atoms with van der Waals surface area (Å²) in [7, 11) is 1.55. The number of hydrogen-bond acceptors (Lipinski definition) is 6. The lowest BCUT2D eigenvalue weighted by molar-refractivity contribution is 0.0938. The van der Waals surface area contributed by atoms with Crippen molar-refractivity contribution in [3.05, 3.63) is 51.2 Å². The van der Waals surface area contributed by atoms with Crippen molar-refractivity contribution in [3.8, 4) is 5.75 Å². The number of aromatic nitrogens is 4. The molecule has 0 saturated heterocycles. The molecule has 0 unspecified atom stereocenters. The van der Waals surface area contributed by atoms with Gasteiger partial charge in [0.05, 0.1) is 6.54 Å². The molecule has 1 atom stereocenters. The van der Waals surface area contributed by atoms with Crippen LogP contribution in [0.5, 0.6) is 5.75 Å². The van der Waals surface area contributed by atoms with Crippen LogP contribution in [0.4, 0.5) is 5.95 Å². The van der Waals surface area contributed by atoms with E-state index in [0.29, 0.717) is 18.2 Å². The van der Waals surface area contributed by atoms with E-state index in [1.807, 2.05) is 18.2 Å². The molecule has 0 amide bonds. The average Bonchev–Trinajstić information content (AvgIpc) is 3.07. The van der Waals surface area contributed by atoms with Gasteiger partial charge in [0, 0.05) is 13.6 Å². The zero-order valence-corrected chi connectivity index (χ0v) is 16.7. The van der Waals surface area contributed by atoms with E-state index >= 15 is 0 Å². The first-order valence-electron chi connectivity index (χ1n) is 9.80. The Labute approximate surface area is 168 Å². The number of aryl methyl sites for hydroxylation is 1. The molecular weight excluding hydrogens is 374 g/mol. The lowest BCUT2D eigenvalue weighted by Gasteiger charge is -2.16. The molecule has 2 heterocycles. The second-order valence-electron chi connectivity index (χ2n) is 6.95. The monoisotopic (exact) mass is 401 g/mol. The predicted octanol–water partition coefficient (Wildman–Crippen LogP) is 1.47. The number of rotatable bonds is 10. The molecule has 0 radical (unpaired) electrons. The van der Waals surface area contributed by atoms with Gasteiger partial charge in [0.1, 0.15) is 18.5 Å². The molecule has 3 rings (SSSR count). The van der Waals surface area contributed by atoms with Crippen LogP contribution in [0.3, 0.4) is 0 Å². The number of aromatic amines is 1. The molecule has 29 heavy (non-hydrogen) atoms. The highest BCUT2D eigenvalue weighted by molar-refractivity contribution is 5.74. The Hall–Kier alpha value is -3.07. The van der Waals surface area contributed by atoms with Crippen LogP contribution in [0.15, 0.2) is 39.9 Å². The first-order valence-corrected chi connectivity index (χ1v) is 9.80. The van der Waals surface area contributed by atoms with Gasteiger partial charge >= 0.3 is 5.69 Å². The molecule has 156 valence electrons. The summed E-state index contributed by atoms with van der Waals surface area (Å²) < 4.78 is 8.51. The normalized spacial score (nSPS) is 12.2. The Morgan fingerprint density at radius 2 is 2.00 bits per heavy atom. The fraction of sp³-hybridized carbons (Fsp3) is 0.450. The largest absolute Gasteiger partial charge is 0.491 e. The van der Waals surface area contributed by atoms with Crippen LogP contribution in [0, 0.1) is 0 Å². The summed E-state index contributed by atoms with van der Waals surface area (Å²) in [5.41, 5.74) is -0.553. The number of nitrogens with one attached hydrogen (secondary N) is 2. The molecule has 9 nitrogen and oxygen atoms in total. The van der Waals surface area contributed by atoms with Gasteiger partial charge in [-0.25, -0.2) is 4.79 Å². The van der Waals surface area contributed by atoms with Gasteiger partial charge in [-0.2, -0.15) is 4.98 Å². The molecule has 0 aliphatic rings. The number of fused-ring (bicyclic) bond motifs is 1. The summed E-state index contributed by atoms with van der Waals surface area (Å²) in [5, 5.41) is 13.7. The van der Waals surface area contributed by atoms with E-state index in [4.69, 9.17) is 4.74 Å². The lowest BCUT2D eigenvalue weighted by Crippen LogP contribution is -2.31. The molecule has 3 aromatic rings. The van der Waals surface area contributed by atoms with E-state index in [9.17, 15) is 14.7 Å². The van der Waals surface area contributed by atoms with Crippen LogP contribution >= 0.6 is 0 Å². The van der Waals surface area contributed by atoms with Crippen molar-refractivity contribution in [2.45, 2.75) is 38.8 Å². The third kappa shape index (κ3) is 4.86. The number of unbranched alkanes of at least 4 members (excludes halogenated alkanes) is 2. The fourth-order valence-electron chi connectivity index (χ4n) is 3.10. The molecule has 0 spiro atoms. The number of para-hydroxylation sites is 1. The maximum absolute atomic E-state index is 12.5. The van der Waals surface area contributed by atoms with E-state index in [1.165, 1.54) is 4.57 Å². The fourth-order valence-corrected chi connectivity index (χ4v) is 3.10. The second kappa shape index (κ2) is 9.42. The van der Waals surface area contributed by atoms with Crippen LogP contribution in [-0.2, 0) is 13.6 Å². The second-order valence-corrected chi connectivity index (χ2v) is 6.95. The summed E-state index contributed by atoms with van der Waals surface area (Å²) in [6, 6.07) is 9.20. The van der Waals surface area contributed by atoms with E-state index in [-0.39, 0.29) is 24.3 Å². The molecule has 9 heteroatoms. The third-order valence-corrected chi connectivity index (χ3v) is 4.65. The van der Waals surface area contributed by atoms with Crippen LogP contribution in [0.2, 0.25) is 0 Å². The summed E-state index contributed by atoms with van der Waals surface area (Å²) in [6.07, 6.45) is 2.23. The molecule has 0 aliphatic heterocycles. The number of nitrogens with zero attached hydrogens (tertiary/aromatic N) is 3. The highest BCUT2D eigenvalue weighted by Gasteiger charge is 2.19. The number of aliphatic hydroxyl groups is 1. The summed E-state index contributed by atoms with van der Waals surface area (Å²) >= 11 is 0. The molecule has 0 saturated carbocycles. The van der Waals surface area contributed by atoms with Crippen molar-refractivity contribution in [2.75, 3.05) is 18.5 Å². The smallest absolute Gasteiger partial charge is 0.329 e. The molecule has 1 aromatic carbocycles. The number of aliphatic hydroxyl groups excluding tert-OH is 1. The van der Waals surface area contributed by atoms with Crippen molar-refractivity contribution in [1.82, 2.24) is 19.1 Å². The van der Waals surface area contributed by atoms with Gasteiger partial charge in [0.25, 0.3) is 5.56 Å². The van der Waals surface area contributed by atoms with Gasteiger partial charge in [-0.3, -0.25) is 14.3 Å². The Bertz CT molecular complexity index is 1050. The molecular formula is C20H27N5O4. The number of imidazole rings is 1. The van der Waals surface area contributed by atoms with E-state index in [2.05, 4.69) is 22.2 Å². The number of benzene rings is 1. The number of anilines is 1. The zero-order valence-electron chi connectivity index (χ0n) is 16.7. The molecule has 2 aromatic heterocycles. The van der Waals surface area contributed by atoms with Crippen molar-refractivity contribution >= 4 is 17.1 Å². The van der Waals surface area contributed by atoms with Crippen molar-refractivity contribution in [1.29, 1.82) is 0 Å². The van der Waals surface area contributed by atoms with Gasteiger partial charge in [-0.1, -0.05) is 38.0 Å². The highest BCUT2D eigenvalue weighted by Crippen LogP contribution is 2.17. The minimum absolute atomic E-state index is 0.0582. The Balaban J connectivity index is 1.85. The van der Waals surface area contributed by atoms with Crippen molar-refractivity contribution in [3.63, 3.8) is 0 Å². The van der Waals surface area contributed by atoms with Gasteiger partial charge in [-0.15, -0.1) is 0 Å². The zero-order chi connectivity index (χ0) is 20.8. The lowest BCUT2D eigenvalue weighted by atomic mass is 10.2. The van der Waals surface area contributed by atoms with E-state index in [1.54, 1.807) is 23.7 Å². The van der Waals surface area contributed by atoms with Crippen molar-refractivity contribution in [2.24, 2.45) is 7.05 Å². The van der Waals surface area contributed by atoms with E-state index in [0.717, 1.165) is 19.3 Å². The highest BCUT2D eigenvalue weighted by atomic mass is 16.5. The number of hydrogen-bond donors (Lipinski definition) is 3. The first kappa shape index (κ1) is 20.7. The Morgan fingerprint density at radius 3 is 2.72 bits per heavy atom. The number of H-pyrrole nitrogens is 1. The maximum atomic E-state index is 12.5. The van der Waals surface area contributed by atoms with Crippen LogP contribution in [-0.4, -0.2) is 43.5 Å². The SMILES string of the molecule is CCCCCNc1nc2c(c(=O)[nH]c(=O)n2C)n1C[C@@H](O)COc1ccccc1. The Morgan fingerprint density at radius 1 is 1.24 bits per heavy atom. The Kier molecular flexibility index (Phi) is 6.71. The standard InChI is InChI=1S/C20H27N5O4/c1-3-4-8-11-21-19-22-17-16(18(27)23-20(28)24(17)2)25(19)12-14(26)13-29-15-9-6-5-7-10-15/h5-7,9-10,14,26H,3-4,8,11-13H2,1-2H3,(H,21,22)(H,23,27,28)/t14-/m1/s1. The van der Waals surface area contributed by atoms with Gasteiger partial charge in [-0.05, 0) is 18.6 Å². The average molecular weight is 401 g/mol.